The van der Waals surface area contributed by atoms with Gasteiger partial charge in [-0.15, -0.1) is 11.6 Å². The highest BCUT2D eigenvalue weighted by Gasteiger charge is 2.23. The molecule has 0 spiro atoms. The number of methoxy groups -OCH3 is 1. The van der Waals surface area contributed by atoms with E-state index >= 15 is 0 Å². The lowest BCUT2D eigenvalue weighted by Gasteiger charge is -2.21. The maximum Gasteiger partial charge on any atom is 0.223 e. The number of halogens is 2. The number of fused-ring (bicyclic) bond motifs is 1. The smallest absolute Gasteiger partial charge is 0.223 e. The van der Waals surface area contributed by atoms with Crippen molar-refractivity contribution in [3.8, 4) is 0 Å². The molecule has 0 bridgehead atoms. The number of hydrogen-bond acceptors (Lipinski definition) is 6. The highest BCUT2D eigenvalue weighted by atomic mass is 35.5. The summed E-state index contributed by atoms with van der Waals surface area (Å²) in [6.45, 7) is 4.09. The lowest BCUT2D eigenvalue weighted by Crippen LogP contribution is -2.17. The van der Waals surface area contributed by atoms with Gasteiger partial charge in [-0.25, -0.2) is 4.98 Å². The SMILES string of the molecule is COC(c1ncc(C)c(CCCCl)c1C)n1cnc2c(Cl)nc(N)nc21. The number of anilines is 1. The van der Waals surface area contributed by atoms with Crippen LogP contribution in [0.3, 0.4) is 0 Å². The van der Waals surface area contributed by atoms with Gasteiger partial charge in [-0.05, 0) is 43.4 Å². The van der Waals surface area contributed by atoms with Gasteiger partial charge in [-0.2, -0.15) is 9.97 Å². The molecule has 0 saturated heterocycles. The molecule has 26 heavy (non-hydrogen) atoms. The second-order valence-corrected chi connectivity index (χ2v) is 6.74. The molecule has 0 aliphatic heterocycles. The van der Waals surface area contributed by atoms with Gasteiger partial charge in [-0.1, -0.05) is 11.6 Å². The Balaban J connectivity index is 2.13. The van der Waals surface area contributed by atoms with E-state index in [0.717, 1.165) is 29.7 Å². The molecule has 0 aliphatic carbocycles. The van der Waals surface area contributed by atoms with Crippen molar-refractivity contribution in [3.63, 3.8) is 0 Å². The molecule has 0 radical (unpaired) electrons. The highest BCUT2D eigenvalue weighted by Crippen LogP contribution is 2.29. The van der Waals surface area contributed by atoms with Crippen LogP contribution in [0.2, 0.25) is 5.15 Å². The maximum atomic E-state index is 6.13. The first kappa shape index (κ1) is 18.8. The van der Waals surface area contributed by atoms with E-state index in [1.165, 1.54) is 5.56 Å². The van der Waals surface area contributed by atoms with Crippen molar-refractivity contribution >= 4 is 40.3 Å². The number of nitrogens with zero attached hydrogens (tertiary/aromatic N) is 5. The van der Waals surface area contributed by atoms with Crippen LogP contribution in [0.15, 0.2) is 12.5 Å². The predicted octanol–water partition coefficient (Wildman–Crippen LogP) is 3.44. The first-order valence-electron chi connectivity index (χ1n) is 8.17. The first-order valence-corrected chi connectivity index (χ1v) is 9.08. The molecule has 1 unspecified atom stereocenters. The number of aryl methyl sites for hydroxylation is 1. The van der Waals surface area contributed by atoms with Crippen LogP contribution >= 0.6 is 23.2 Å². The number of rotatable bonds is 6. The zero-order chi connectivity index (χ0) is 18.8. The van der Waals surface area contributed by atoms with Gasteiger partial charge < -0.3 is 10.5 Å². The molecule has 3 aromatic rings. The van der Waals surface area contributed by atoms with Gasteiger partial charge in [0.1, 0.15) is 5.52 Å². The molecule has 138 valence electrons. The van der Waals surface area contributed by atoms with Gasteiger partial charge in [-0.3, -0.25) is 9.55 Å². The molecule has 0 aromatic carbocycles. The van der Waals surface area contributed by atoms with Crippen molar-refractivity contribution in [2.24, 2.45) is 0 Å². The molecule has 3 rings (SSSR count). The van der Waals surface area contributed by atoms with Crippen LogP contribution in [0.1, 0.15) is 35.0 Å². The number of alkyl halides is 1. The van der Waals surface area contributed by atoms with E-state index in [-0.39, 0.29) is 11.1 Å². The van der Waals surface area contributed by atoms with Crippen LogP contribution in [-0.2, 0) is 11.2 Å². The molecule has 2 N–H and O–H groups in total. The summed E-state index contributed by atoms with van der Waals surface area (Å²) >= 11 is 12.0. The van der Waals surface area contributed by atoms with Gasteiger partial charge in [0, 0.05) is 19.2 Å². The van der Waals surface area contributed by atoms with Crippen LogP contribution < -0.4 is 5.73 Å². The molecule has 0 amide bonds. The molecule has 7 nitrogen and oxygen atoms in total. The number of nitrogens with two attached hydrogens (primary N) is 1. The molecule has 3 aromatic heterocycles. The molecular formula is C17H20Cl2N6O. The van der Waals surface area contributed by atoms with Gasteiger partial charge in [0.05, 0.1) is 12.0 Å². The summed E-state index contributed by atoms with van der Waals surface area (Å²) in [6, 6.07) is 0. The van der Waals surface area contributed by atoms with Gasteiger partial charge in [0.25, 0.3) is 0 Å². The average molecular weight is 395 g/mol. The molecule has 0 fully saturated rings. The number of nitrogen functional groups attached to an aromatic ring is 1. The van der Waals surface area contributed by atoms with Gasteiger partial charge in [0.15, 0.2) is 17.0 Å². The van der Waals surface area contributed by atoms with Gasteiger partial charge in [0.2, 0.25) is 5.95 Å². The number of pyridine rings is 1. The van der Waals surface area contributed by atoms with Crippen molar-refractivity contribution in [1.29, 1.82) is 0 Å². The molecular weight excluding hydrogens is 375 g/mol. The largest absolute Gasteiger partial charge is 0.368 e. The molecule has 9 heteroatoms. The standard InChI is InChI=1S/C17H20Cl2N6O/c1-9-7-21-12(10(2)11(9)5-4-6-18)16(26-3)25-8-22-13-14(19)23-17(20)24-15(13)25/h7-8,16H,4-6H2,1-3H3,(H2,20,23,24). The Morgan fingerprint density at radius 3 is 2.73 bits per heavy atom. The fourth-order valence-electron chi connectivity index (χ4n) is 3.10. The van der Waals surface area contributed by atoms with Crippen LogP contribution in [0.25, 0.3) is 11.2 Å². The van der Waals surface area contributed by atoms with Crippen molar-refractivity contribution < 1.29 is 4.74 Å². The van der Waals surface area contributed by atoms with E-state index in [9.17, 15) is 0 Å². The van der Waals surface area contributed by atoms with E-state index in [1.807, 2.05) is 13.1 Å². The minimum atomic E-state index is -0.513. The highest BCUT2D eigenvalue weighted by molar-refractivity contribution is 6.33. The Bertz CT molecular complexity index is 943. The minimum Gasteiger partial charge on any atom is -0.368 e. The summed E-state index contributed by atoms with van der Waals surface area (Å²) in [5.74, 6) is 0.695. The number of imidazole rings is 1. The Hall–Kier alpha value is -1.96. The van der Waals surface area contributed by atoms with Crippen LogP contribution in [0.5, 0.6) is 0 Å². The second-order valence-electron chi connectivity index (χ2n) is 6.01. The Morgan fingerprint density at radius 1 is 1.27 bits per heavy atom. The lowest BCUT2D eigenvalue weighted by atomic mass is 9.98. The monoisotopic (exact) mass is 394 g/mol. The number of hydrogen-bond donors (Lipinski definition) is 1. The normalized spacial score (nSPS) is 12.7. The predicted molar refractivity (Wildman–Crippen MR) is 103 cm³/mol. The summed E-state index contributed by atoms with van der Waals surface area (Å²) in [6.07, 6.45) is 4.74. The average Bonchev–Trinajstić information content (AvgIpc) is 3.01. The fraction of sp³-hybridized carbons (Fsp3) is 0.412. The van der Waals surface area contributed by atoms with E-state index < -0.39 is 6.23 Å². The Kier molecular flexibility index (Phi) is 5.60. The molecule has 3 heterocycles. The molecule has 0 saturated carbocycles. The topological polar surface area (TPSA) is 91.7 Å². The van der Waals surface area contributed by atoms with Crippen molar-refractivity contribution in [2.75, 3.05) is 18.7 Å². The Morgan fingerprint density at radius 2 is 2.04 bits per heavy atom. The fourth-order valence-corrected chi connectivity index (χ4v) is 3.45. The quantitative estimate of drug-likeness (QED) is 0.508. The first-order chi connectivity index (χ1) is 12.5. The third-order valence-electron chi connectivity index (χ3n) is 4.38. The van der Waals surface area contributed by atoms with E-state index in [2.05, 4.69) is 26.9 Å². The van der Waals surface area contributed by atoms with Crippen molar-refractivity contribution in [3.05, 3.63) is 40.1 Å². The summed E-state index contributed by atoms with van der Waals surface area (Å²) in [7, 11) is 1.61. The zero-order valence-corrected chi connectivity index (χ0v) is 16.3. The van der Waals surface area contributed by atoms with E-state index in [0.29, 0.717) is 17.0 Å². The third kappa shape index (κ3) is 3.34. The van der Waals surface area contributed by atoms with Crippen LogP contribution in [0.4, 0.5) is 5.95 Å². The molecule has 0 aliphatic rings. The maximum absolute atomic E-state index is 6.13. The van der Waals surface area contributed by atoms with E-state index in [1.54, 1.807) is 18.0 Å². The second kappa shape index (κ2) is 7.73. The number of ether oxygens (including phenoxy) is 1. The van der Waals surface area contributed by atoms with Gasteiger partial charge >= 0.3 is 0 Å². The third-order valence-corrected chi connectivity index (χ3v) is 4.91. The summed E-state index contributed by atoms with van der Waals surface area (Å²) < 4.78 is 7.50. The minimum absolute atomic E-state index is 0.0792. The van der Waals surface area contributed by atoms with E-state index in [4.69, 9.17) is 33.7 Å². The summed E-state index contributed by atoms with van der Waals surface area (Å²) in [4.78, 5) is 17.1. The number of aromatic nitrogens is 5. The molecule has 1 atom stereocenters. The summed E-state index contributed by atoms with van der Waals surface area (Å²) in [5, 5.41) is 0.206. The van der Waals surface area contributed by atoms with Crippen LogP contribution in [-0.4, -0.2) is 37.5 Å². The van der Waals surface area contributed by atoms with Crippen molar-refractivity contribution in [1.82, 2.24) is 24.5 Å². The summed E-state index contributed by atoms with van der Waals surface area (Å²) in [5.41, 5.74) is 10.9. The Labute approximate surface area is 161 Å². The van der Waals surface area contributed by atoms with Crippen molar-refractivity contribution in [2.45, 2.75) is 32.9 Å². The zero-order valence-electron chi connectivity index (χ0n) is 14.8. The van der Waals surface area contributed by atoms with Crippen LogP contribution in [0, 0.1) is 13.8 Å². The lowest BCUT2D eigenvalue weighted by molar-refractivity contribution is 0.0771.